The predicted octanol–water partition coefficient (Wildman–Crippen LogP) is 2.25. The average Bonchev–Trinajstić information content (AvgIpc) is 2.04. The molecule has 0 bridgehead atoms. The monoisotopic (exact) mass is 232 g/mol. The summed E-state index contributed by atoms with van der Waals surface area (Å²) in [7, 11) is 0. The van der Waals surface area contributed by atoms with Gasteiger partial charge < -0.3 is 4.74 Å². The molecule has 0 spiro atoms. The Morgan fingerprint density at radius 1 is 1.31 bits per heavy atom. The van der Waals surface area contributed by atoms with Gasteiger partial charge in [0.05, 0.1) is 0 Å². The van der Waals surface area contributed by atoms with Crippen molar-refractivity contribution in [2.24, 2.45) is 0 Å². The average molecular weight is 232 g/mol. The molecule has 1 aliphatic rings. The van der Waals surface area contributed by atoms with E-state index in [-0.39, 0.29) is 0 Å². The van der Waals surface area contributed by atoms with Crippen molar-refractivity contribution in [3.8, 4) is 0 Å². The van der Waals surface area contributed by atoms with E-state index in [1.165, 1.54) is 23.5 Å². The van der Waals surface area contributed by atoms with E-state index in [1.54, 1.807) is 0 Å². The number of carbonyl (C=O) groups excluding carboxylic acids is 1. The Morgan fingerprint density at radius 3 is 2.31 bits per heavy atom. The van der Waals surface area contributed by atoms with Crippen molar-refractivity contribution in [1.29, 1.82) is 0 Å². The van der Waals surface area contributed by atoms with Gasteiger partial charge in [0.1, 0.15) is 0 Å². The van der Waals surface area contributed by atoms with Crippen molar-refractivity contribution in [3.05, 3.63) is 0 Å². The van der Waals surface area contributed by atoms with Crippen molar-refractivity contribution in [2.45, 2.75) is 17.4 Å². The van der Waals surface area contributed by atoms with E-state index in [4.69, 9.17) is 0 Å². The van der Waals surface area contributed by atoms with Crippen LogP contribution in [0.4, 0.5) is 13.2 Å². The molecule has 2 nitrogen and oxygen atoms in total. The van der Waals surface area contributed by atoms with Crippen molar-refractivity contribution in [3.63, 3.8) is 0 Å². The van der Waals surface area contributed by atoms with Gasteiger partial charge in [0.15, 0.2) is 4.77 Å². The van der Waals surface area contributed by atoms with E-state index in [0.717, 1.165) is 17.9 Å². The maximum atomic E-state index is 11.7. The summed E-state index contributed by atoms with van der Waals surface area (Å²) in [6.07, 6.45) is -3.94. The minimum Gasteiger partial charge on any atom is -0.434 e. The quantitative estimate of drug-likeness (QED) is 0.648. The van der Waals surface area contributed by atoms with Gasteiger partial charge in [0, 0.05) is 0 Å². The molecule has 0 amide bonds. The lowest BCUT2D eigenvalue weighted by atomic mass is 10.6. The van der Waals surface area contributed by atoms with E-state index in [1.807, 2.05) is 0 Å². The molecule has 1 heterocycles. The lowest BCUT2D eigenvalue weighted by Crippen LogP contribution is -2.28. The highest BCUT2D eigenvalue weighted by Crippen LogP contribution is 2.33. The fourth-order valence-electron chi connectivity index (χ4n) is 0.688. The van der Waals surface area contributed by atoms with E-state index in [9.17, 15) is 18.0 Å². The normalized spacial score (nSPS) is 19.9. The van der Waals surface area contributed by atoms with Gasteiger partial charge in [-0.3, -0.25) is 0 Å². The van der Waals surface area contributed by atoms with Crippen molar-refractivity contribution in [2.75, 3.05) is 11.5 Å². The molecule has 7 heteroatoms. The van der Waals surface area contributed by atoms with Gasteiger partial charge in [-0.25, -0.2) is 4.79 Å². The number of hydrogen-bond donors (Lipinski definition) is 0. The summed E-state index contributed by atoms with van der Waals surface area (Å²) in [4.78, 5) is 10.4. The van der Waals surface area contributed by atoms with Gasteiger partial charge in [-0.1, -0.05) is 0 Å². The van der Waals surface area contributed by atoms with E-state index < -0.39 is 16.9 Å². The number of esters is 1. The van der Waals surface area contributed by atoms with Crippen LogP contribution in [0.3, 0.4) is 0 Å². The fraction of sp³-hybridized carbons (Fsp3) is 0.833. The van der Waals surface area contributed by atoms with Crippen LogP contribution in [-0.4, -0.2) is 28.4 Å². The summed E-state index contributed by atoms with van der Waals surface area (Å²) >= 11 is 2.46. The highest BCUT2D eigenvalue weighted by molar-refractivity contribution is 8.17. The second-order valence-electron chi connectivity index (χ2n) is 2.29. The molecule has 0 unspecified atom stereocenters. The predicted molar refractivity (Wildman–Crippen MR) is 45.5 cm³/mol. The first-order chi connectivity index (χ1) is 6.00. The number of thioether (sulfide) groups is 2. The lowest BCUT2D eigenvalue weighted by molar-refractivity contribution is -0.198. The number of carbonyl (C=O) groups is 1. The Hall–Kier alpha value is -0.0400. The zero-order valence-electron chi connectivity index (χ0n) is 6.47. The molecule has 0 saturated carbocycles. The van der Waals surface area contributed by atoms with Gasteiger partial charge >= 0.3 is 12.1 Å². The minimum absolute atomic E-state index is 0.692. The van der Waals surface area contributed by atoms with Crippen LogP contribution < -0.4 is 0 Å². The molecule has 1 aliphatic heterocycles. The molecule has 0 N–H and O–H groups in total. The second kappa shape index (κ2) is 4.45. The van der Waals surface area contributed by atoms with Crippen LogP contribution in [0.5, 0.6) is 0 Å². The van der Waals surface area contributed by atoms with Gasteiger partial charge in [-0.05, 0) is 17.9 Å². The SMILES string of the molecule is O=C(OC1SCCCS1)C(F)(F)F. The summed E-state index contributed by atoms with van der Waals surface area (Å²) in [5.74, 6) is -0.620. The number of ether oxygens (including phenoxy) is 1. The first-order valence-electron chi connectivity index (χ1n) is 3.51. The molecule has 1 rings (SSSR count). The third kappa shape index (κ3) is 3.68. The van der Waals surface area contributed by atoms with Crippen LogP contribution in [0.25, 0.3) is 0 Å². The third-order valence-electron chi connectivity index (χ3n) is 1.23. The van der Waals surface area contributed by atoms with Crippen LogP contribution in [0.1, 0.15) is 6.42 Å². The number of halogens is 3. The minimum atomic E-state index is -4.88. The van der Waals surface area contributed by atoms with Gasteiger partial charge in [0.2, 0.25) is 0 Å². The molecule has 0 aromatic carbocycles. The molecular formula is C6H7F3O2S2. The Balaban J connectivity index is 2.35. The summed E-state index contributed by atoms with van der Waals surface area (Å²) < 4.78 is 38.7. The van der Waals surface area contributed by atoms with Crippen LogP contribution in [0.15, 0.2) is 0 Å². The van der Waals surface area contributed by atoms with Crippen molar-refractivity contribution >= 4 is 29.5 Å². The smallest absolute Gasteiger partial charge is 0.434 e. The van der Waals surface area contributed by atoms with Gasteiger partial charge in [0.25, 0.3) is 0 Å². The van der Waals surface area contributed by atoms with Crippen molar-refractivity contribution in [1.82, 2.24) is 0 Å². The second-order valence-corrected chi connectivity index (χ2v) is 4.92. The topological polar surface area (TPSA) is 26.3 Å². The Bertz CT molecular complexity index is 189. The molecule has 76 valence electrons. The molecule has 0 atom stereocenters. The van der Waals surface area contributed by atoms with Crippen LogP contribution in [0, 0.1) is 0 Å². The van der Waals surface area contributed by atoms with E-state index in [2.05, 4.69) is 4.74 Å². The van der Waals surface area contributed by atoms with Gasteiger partial charge in [-0.2, -0.15) is 13.2 Å². The molecule has 0 aliphatic carbocycles. The molecule has 13 heavy (non-hydrogen) atoms. The van der Waals surface area contributed by atoms with Crippen LogP contribution in [-0.2, 0) is 9.53 Å². The number of hydrogen-bond acceptors (Lipinski definition) is 4. The standard InChI is InChI=1S/C6H7F3O2S2/c7-6(8,9)4(10)11-5-12-2-1-3-13-5/h5H,1-3H2. The highest BCUT2D eigenvalue weighted by atomic mass is 32.2. The lowest BCUT2D eigenvalue weighted by Gasteiger charge is -2.21. The zero-order chi connectivity index (χ0) is 9.90. The molecule has 1 fully saturated rings. The largest absolute Gasteiger partial charge is 0.490 e. The first-order valence-corrected chi connectivity index (χ1v) is 5.61. The molecule has 0 radical (unpaired) electrons. The van der Waals surface area contributed by atoms with E-state index in [0.29, 0.717) is 0 Å². The number of rotatable bonds is 1. The molecule has 0 aromatic rings. The first kappa shape index (κ1) is 11.0. The zero-order valence-corrected chi connectivity index (χ0v) is 8.10. The van der Waals surface area contributed by atoms with Gasteiger partial charge in [-0.15, -0.1) is 23.5 Å². The maximum Gasteiger partial charge on any atom is 0.490 e. The highest BCUT2D eigenvalue weighted by Gasteiger charge is 2.42. The third-order valence-corrected chi connectivity index (χ3v) is 3.83. The Kier molecular flexibility index (Phi) is 3.78. The molecular weight excluding hydrogens is 225 g/mol. The Labute approximate surface area is 81.6 Å². The fourth-order valence-corrected chi connectivity index (χ4v) is 3.15. The summed E-state index contributed by atoms with van der Waals surface area (Å²) in [5.41, 5.74) is 0. The number of alkyl halides is 3. The molecule has 1 saturated heterocycles. The summed E-state index contributed by atoms with van der Waals surface area (Å²) in [6, 6.07) is 0. The van der Waals surface area contributed by atoms with E-state index >= 15 is 0 Å². The summed E-state index contributed by atoms with van der Waals surface area (Å²) in [5, 5.41) is 0. The molecule has 0 aromatic heterocycles. The summed E-state index contributed by atoms with van der Waals surface area (Å²) in [6.45, 7) is 0. The van der Waals surface area contributed by atoms with Crippen LogP contribution in [0.2, 0.25) is 0 Å². The maximum absolute atomic E-state index is 11.7. The van der Waals surface area contributed by atoms with Crippen molar-refractivity contribution < 1.29 is 22.7 Å². The Morgan fingerprint density at radius 2 is 1.85 bits per heavy atom. The van der Waals surface area contributed by atoms with Crippen LogP contribution >= 0.6 is 23.5 Å².